The Morgan fingerprint density at radius 2 is 2.00 bits per heavy atom. The number of hydrogen-bond donors (Lipinski definition) is 2. The number of aliphatic hydroxyl groups excluding tert-OH is 1. The summed E-state index contributed by atoms with van der Waals surface area (Å²) < 4.78 is 1.80. The maximum absolute atomic E-state index is 12.9. The molecule has 1 amide bonds. The van der Waals surface area contributed by atoms with Gasteiger partial charge in [0.25, 0.3) is 5.91 Å². The summed E-state index contributed by atoms with van der Waals surface area (Å²) in [5.41, 5.74) is 0.197. The molecule has 1 aliphatic rings. The number of fused-ring (bicyclic) bond motifs is 1. The normalized spacial score (nSPS) is 19.1. The third-order valence-corrected chi connectivity index (χ3v) is 5.47. The molecule has 9 heteroatoms. The quantitative estimate of drug-likeness (QED) is 0.678. The zero-order chi connectivity index (χ0) is 19.8. The highest BCUT2D eigenvalue weighted by atomic mass is 35.5. The summed E-state index contributed by atoms with van der Waals surface area (Å²) in [6.07, 6.45) is 7.33. The third-order valence-electron chi connectivity index (χ3n) is 4.90. The molecule has 0 aliphatic heterocycles. The van der Waals surface area contributed by atoms with E-state index < -0.39 is 17.4 Å². The molecule has 0 aromatic carbocycles. The van der Waals surface area contributed by atoms with Crippen molar-refractivity contribution in [2.24, 2.45) is 0 Å². The van der Waals surface area contributed by atoms with Gasteiger partial charge in [-0.15, -0.1) is 0 Å². The predicted octanol–water partition coefficient (Wildman–Crippen LogP) is 3.44. The van der Waals surface area contributed by atoms with Crippen molar-refractivity contribution in [3.05, 3.63) is 62.8 Å². The number of aliphatic hydroxyl groups is 1. The molecule has 144 valence electrons. The zero-order valence-corrected chi connectivity index (χ0v) is 16.1. The van der Waals surface area contributed by atoms with Gasteiger partial charge in [0.05, 0.1) is 27.2 Å². The third kappa shape index (κ3) is 3.37. The lowest BCUT2D eigenvalue weighted by Gasteiger charge is -2.18. The maximum Gasteiger partial charge on any atom is 0.261 e. The number of hydrogen-bond acceptors (Lipinski definition) is 5. The SMILES string of the molecule is O=C(Nc1c(Cl)cncc1Cl)c1cn([C@@H]2CC[C@@H](O)C2)c2ncccc2c1=O. The lowest BCUT2D eigenvalue weighted by atomic mass is 10.1. The van der Waals surface area contributed by atoms with E-state index in [0.717, 1.165) is 6.42 Å². The lowest BCUT2D eigenvalue weighted by Crippen LogP contribution is -2.25. The van der Waals surface area contributed by atoms with Gasteiger partial charge in [-0.1, -0.05) is 23.2 Å². The van der Waals surface area contributed by atoms with Crippen molar-refractivity contribution < 1.29 is 9.90 Å². The molecule has 2 atom stereocenters. The standard InChI is InChI=1S/C19H16Cl2N4O3/c20-14-7-22-8-15(21)16(14)24-19(28)13-9-25(10-3-4-11(26)6-10)18-12(17(13)27)2-1-5-23-18/h1-2,5,7-11,26H,3-4,6H2,(H,22,24,28)/t10-,11-/m1/s1. The number of carbonyl (C=O) groups is 1. The molecule has 3 aromatic heterocycles. The van der Waals surface area contributed by atoms with Crippen molar-refractivity contribution in [2.75, 3.05) is 5.32 Å². The van der Waals surface area contributed by atoms with Crippen LogP contribution >= 0.6 is 23.2 Å². The van der Waals surface area contributed by atoms with E-state index >= 15 is 0 Å². The molecule has 1 saturated carbocycles. The van der Waals surface area contributed by atoms with E-state index in [1.165, 1.54) is 18.6 Å². The van der Waals surface area contributed by atoms with E-state index in [1.807, 2.05) is 0 Å². The fourth-order valence-electron chi connectivity index (χ4n) is 3.52. The molecule has 0 saturated heterocycles. The molecule has 4 rings (SSSR count). The Bertz CT molecular complexity index is 1110. The number of halogens is 2. The summed E-state index contributed by atoms with van der Waals surface area (Å²) in [6, 6.07) is 3.23. The van der Waals surface area contributed by atoms with Gasteiger partial charge in [0.15, 0.2) is 0 Å². The fourth-order valence-corrected chi connectivity index (χ4v) is 3.98. The Morgan fingerprint density at radius 3 is 2.68 bits per heavy atom. The second-order valence-electron chi connectivity index (χ2n) is 6.71. The summed E-state index contributed by atoms with van der Waals surface area (Å²) in [4.78, 5) is 34.0. The van der Waals surface area contributed by atoms with E-state index in [9.17, 15) is 14.7 Å². The lowest BCUT2D eigenvalue weighted by molar-refractivity contribution is 0.102. The van der Waals surface area contributed by atoms with Crippen molar-refractivity contribution in [1.82, 2.24) is 14.5 Å². The first-order chi connectivity index (χ1) is 13.5. The van der Waals surface area contributed by atoms with Crippen LogP contribution in [0.4, 0.5) is 5.69 Å². The van der Waals surface area contributed by atoms with E-state index in [-0.39, 0.29) is 27.3 Å². The number of carbonyl (C=O) groups excluding carboxylic acids is 1. The molecule has 3 heterocycles. The number of amides is 1. The Hall–Kier alpha value is -2.48. The summed E-state index contributed by atoms with van der Waals surface area (Å²) in [7, 11) is 0. The van der Waals surface area contributed by atoms with Gasteiger partial charge in [0.1, 0.15) is 11.2 Å². The Kier molecular flexibility index (Phi) is 5.05. The first-order valence-electron chi connectivity index (χ1n) is 8.74. The van der Waals surface area contributed by atoms with Crippen LogP contribution < -0.4 is 10.7 Å². The van der Waals surface area contributed by atoms with Crippen LogP contribution in [0.15, 0.2) is 41.7 Å². The van der Waals surface area contributed by atoms with Crippen LogP contribution in [0.1, 0.15) is 35.7 Å². The average Bonchev–Trinajstić information content (AvgIpc) is 3.11. The summed E-state index contributed by atoms with van der Waals surface area (Å²) in [6.45, 7) is 0. The monoisotopic (exact) mass is 418 g/mol. The van der Waals surface area contributed by atoms with Crippen LogP contribution in [0.3, 0.4) is 0 Å². The van der Waals surface area contributed by atoms with Crippen LogP contribution in [0.5, 0.6) is 0 Å². The van der Waals surface area contributed by atoms with Crippen LogP contribution in [0.2, 0.25) is 10.0 Å². The molecule has 3 aromatic rings. The first-order valence-corrected chi connectivity index (χ1v) is 9.49. The highest BCUT2D eigenvalue weighted by Gasteiger charge is 2.27. The second-order valence-corrected chi connectivity index (χ2v) is 7.52. The summed E-state index contributed by atoms with van der Waals surface area (Å²) in [5.74, 6) is -0.627. The fraction of sp³-hybridized carbons (Fsp3) is 0.263. The predicted molar refractivity (Wildman–Crippen MR) is 107 cm³/mol. The minimum atomic E-state index is -0.627. The molecule has 2 N–H and O–H groups in total. The van der Waals surface area contributed by atoms with Crippen LogP contribution in [-0.4, -0.2) is 31.7 Å². The van der Waals surface area contributed by atoms with Crippen LogP contribution in [0.25, 0.3) is 11.0 Å². The summed E-state index contributed by atoms with van der Waals surface area (Å²) in [5, 5.41) is 13.2. The average molecular weight is 419 g/mol. The van der Waals surface area contributed by atoms with Gasteiger partial charge in [-0.3, -0.25) is 14.6 Å². The Balaban J connectivity index is 1.82. The molecule has 0 spiro atoms. The van der Waals surface area contributed by atoms with Crippen molar-refractivity contribution in [2.45, 2.75) is 31.4 Å². The molecule has 7 nitrogen and oxygen atoms in total. The molecule has 1 aliphatic carbocycles. The largest absolute Gasteiger partial charge is 0.393 e. The second kappa shape index (κ2) is 7.50. The molecule has 28 heavy (non-hydrogen) atoms. The van der Waals surface area contributed by atoms with Gasteiger partial charge in [-0.2, -0.15) is 0 Å². The Labute approximate surface area is 169 Å². The molecule has 1 fully saturated rings. The molecule has 0 unspecified atom stereocenters. The Morgan fingerprint density at radius 1 is 1.25 bits per heavy atom. The number of aromatic nitrogens is 3. The van der Waals surface area contributed by atoms with E-state index in [0.29, 0.717) is 23.9 Å². The molecular weight excluding hydrogens is 403 g/mol. The number of anilines is 1. The van der Waals surface area contributed by atoms with Crippen molar-refractivity contribution >= 4 is 45.8 Å². The minimum Gasteiger partial charge on any atom is -0.393 e. The summed E-state index contributed by atoms with van der Waals surface area (Å²) >= 11 is 12.1. The van der Waals surface area contributed by atoms with Gasteiger partial charge < -0.3 is 15.0 Å². The van der Waals surface area contributed by atoms with Crippen LogP contribution in [0, 0.1) is 0 Å². The zero-order valence-electron chi connectivity index (χ0n) is 14.6. The van der Waals surface area contributed by atoms with Crippen molar-refractivity contribution in [3.8, 4) is 0 Å². The maximum atomic E-state index is 12.9. The highest BCUT2D eigenvalue weighted by Crippen LogP contribution is 2.32. The van der Waals surface area contributed by atoms with Gasteiger partial charge in [-0.05, 0) is 31.4 Å². The first kappa shape index (κ1) is 18.9. The highest BCUT2D eigenvalue weighted by molar-refractivity contribution is 6.39. The molecule has 0 bridgehead atoms. The van der Waals surface area contributed by atoms with E-state index in [1.54, 1.807) is 22.9 Å². The van der Waals surface area contributed by atoms with E-state index in [4.69, 9.17) is 23.2 Å². The van der Waals surface area contributed by atoms with Gasteiger partial charge in [0, 0.05) is 30.8 Å². The van der Waals surface area contributed by atoms with E-state index in [2.05, 4.69) is 15.3 Å². The van der Waals surface area contributed by atoms with Crippen LogP contribution in [-0.2, 0) is 0 Å². The number of pyridine rings is 3. The number of nitrogens with zero attached hydrogens (tertiary/aromatic N) is 3. The topological polar surface area (TPSA) is 97.1 Å². The van der Waals surface area contributed by atoms with Crippen molar-refractivity contribution in [3.63, 3.8) is 0 Å². The van der Waals surface area contributed by atoms with Crippen molar-refractivity contribution in [1.29, 1.82) is 0 Å². The molecule has 0 radical (unpaired) electrons. The minimum absolute atomic E-state index is 0.0485. The van der Waals surface area contributed by atoms with Gasteiger partial charge >= 0.3 is 0 Å². The number of rotatable bonds is 3. The smallest absolute Gasteiger partial charge is 0.261 e. The molecular formula is C19H16Cl2N4O3. The van der Waals surface area contributed by atoms with Gasteiger partial charge in [-0.25, -0.2) is 4.98 Å². The number of nitrogens with one attached hydrogen (secondary N) is 1. The van der Waals surface area contributed by atoms with Gasteiger partial charge in [0.2, 0.25) is 5.43 Å².